The number of nitrogens with one attached hydrogen (secondary N) is 3. The molecule has 1 aromatic rings. The molecule has 0 aromatic heterocycles. The molecule has 0 aliphatic rings. The number of hydrogen-bond donors (Lipinski definition) is 3. The Morgan fingerprint density at radius 2 is 1.91 bits per heavy atom. The monoisotopic (exact) mass is 304 g/mol. The van der Waals surface area contributed by atoms with E-state index < -0.39 is 0 Å². The first-order chi connectivity index (χ1) is 10.5. The number of hydrogen-bond acceptors (Lipinski definition) is 2. The number of carbonyl (C=O) groups is 1. The van der Waals surface area contributed by atoms with Gasteiger partial charge in [-0.15, -0.1) is 0 Å². The molecule has 1 unspecified atom stereocenters. The number of carbonyl (C=O) groups excluding carboxylic acids is 1. The molecule has 0 aliphatic heterocycles. The number of nitrogens with zero attached hydrogens (tertiary/aromatic N) is 1. The smallest absolute Gasteiger partial charge is 0.221 e. The summed E-state index contributed by atoms with van der Waals surface area (Å²) < 4.78 is 0. The topological polar surface area (TPSA) is 65.5 Å². The van der Waals surface area contributed by atoms with Crippen molar-refractivity contribution in [2.75, 3.05) is 18.4 Å². The Bertz CT molecular complexity index is 482. The van der Waals surface area contributed by atoms with Crippen LogP contribution in [0.4, 0.5) is 5.69 Å². The minimum Gasteiger partial charge on any atom is -0.357 e. The highest BCUT2D eigenvalue weighted by atomic mass is 16.1. The number of benzene rings is 1. The highest BCUT2D eigenvalue weighted by Gasteiger charge is 2.02. The molecule has 1 amide bonds. The Morgan fingerprint density at radius 3 is 2.45 bits per heavy atom. The van der Waals surface area contributed by atoms with Gasteiger partial charge in [0.15, 0.2) is 5.96 Å². The van der Waals surface area contributed by atoms with Gasteiger partial charge in [0, 0.05) is 31.7 Å². The van der Waals surface area contributed by atoms with E-state index in [1.807, 2.05) is 24.3 Å². The third-order valence-electron chi connectivity index (χ3n) is 3.28. The highest BCUT2D eigenvalue weighted by Crippen LogP contribution is 2.10. The molecule has 0 heterocycles. The summed E-state index contributed by atoms with van der Waals surface area (Å²) >= 11 is 0. The van der Waals surface area contributed by atoms with Gasteiger partial charge >= 0.3 is 0 Å². The van der Waals surface area contributed by atoms with Crippen LogP contribution in [0.25, 0.3) is 0 Å². The first-order valence-electron chi connectivity index (χ1n) is 7.96. The normalized spacial score (nSPS) is 12.6. The zero-order valence-corrected chi connectivity index (χ0v) is 14.1. The van der Waals surface area contributed by atoms with E-state index >= 15 is 0 Å². The number of guanidine groups is 1. The van der Waals surface area contributed by atoms with Crippen molar-refractivity contribution >= 4 is 17.6 Å². The minimum atomic E-state index is -0.0521. The molecular weight excluding hydrogens is 276 g/mol. The lowest BCUT2D eigenvalue weighted by Crippen LogP contribution is -2.42. The Morgan fingerprint density at radius 1 is 1.23 bits per heavy atom. The van der Waals surface area contributed by atoms with Crippen molar-refractivity contribution in [2.45, 2.75) is 46.6 Å². The minimum absolute atomic E-state index is 0.0521. The summed E-state index contributed by atoms with van der Waals surface area (Å²) in [6.45, 7) is 9.45. The maximum atomic E-state index is 11.0. The number of aliphatic imine (C=N–C) groups is 1. The summed E-state index contributed by atoms with van der Waals surface area (Å²) in [5.41, 5.74) is 2.03. The summed E-state index contributed by atoms with van der Waals surface area (Å²) in [6, 6.07) is 8.30. The molecule has 122 valence electrons. The molecule has 1 aromatic carbocycles. The molecule has 0 fully saturated rings. The largest absolute Gasteiger partial charge is 0.357 e. The molecule has 1 rings (SSSR count). The van der Waals surface area contributed by atoms with Crippen LogP contribution < -0.4 is 16.0 Å². The van der Waals surface area contributed by atoms with Gasteiger partial charge in [-0.05, 0) is 44.4 Å². The molecular formula is C17H28N4O. The number of rotatable bonds is 7. The van der Waals surface area contributed by atoms with E-state index in [0.717, 1.165) is 37.6 Å². The van der Waals surface area contributed by atoms with Crippen molar-refractivity contribution in [1.82, 2.24) is 10.6 Å². The van der Waals surface area contributed by atoms with Crippen LogP contribution in [0.3, 0.4) is 0 Å². The zero-order chi connectivity index (χ0) is 16.4. The molecule has 0 spiro atoms. The van der Waals surface area contributed by atoms with Crippen molar-refractivity contribution in [3.05, 3.63) is 29.8 Å². The van der Waals surface area contributed by atoms with Gasteiger partial charge in [0.25, 0.3) is 0 Å². The van der Waals surface area contributed by atoms with Crippen LogP contribution in [-0.2, 0) is 11.2 Å². The molecule has 1 atom stereocenters. The highest BCUT2D eigenvalue weighted by molar-refractivity contribution is 5.88. The van der Waals surface area contributed by atoms with E-state index in [9.17, 15) is 4.79 Å². The second kappa shape index (κ2) is 9.82. The SMILES string of the molecule is CCNC(=NCCc1ccc(NC(C)=O)cc1)NC(C)CC. The molecule has 0 saturated heterocycles. The van der Waals surface area contributed by atoms with Gasteiger partial charge in [-0.1, -0.05) is 19.1 Å². The summed E-state index contributed by atoms with van der Waals surface area (Å²) in [7, 11) is 0. The van der Waals surface area contributed by atoms with Crippen LogP contribution in [0.5, 0.6) is 0 Å². The van der Waals surface area contributed by atoms with Gasteiger partial charge in [-0.25, -0.2) is 0 Å². The lowest BCUT2D eigenvalue weighted by molar-refractivity contribution is -0.114. The van der Waals surface area contributed by atoms with Gasteiger partial charge in [0.05, 0.1) is 0 Å². The fourth-order valence-corrected chi connectivity index (χ4v) is 1.91. The van der Waals surface area contributed by atoms with Crippen LogP contribution in [0.2, 0.25) is 0 Å². The molecule has 22 heavy (non-hydrogen) atoms. The van der Waals surface area contributed by atoms with Crippen LogP contribution in [0.1, 0.15) is 39.7 Å². The van der Waals surface area contributed by atoms with Gasteiger partial charge in [0.1, 0.15) is 0 Å². The Hall–Kier alpha value is -2.04. The van der Waals surface area contributed by atoms with Gasteiger partial charge in [-0.3, -0.25) is 9.79 Å². The second-order valence-electron chi connectivity index (χ2n) is 5.34. The quantitative estimate of drug-likeness (QED) is 0.536. The van der Waals surface area contributed by atoms with Gasteiger partial charge in [-0.2, -0.15) is 0 Å². The van der Waals surface area contributed by atoms with E-state index in [2.05, 4.69) is 41.7 Å². The van der Waals surface area contributed by atoms with Crippen molar-refractivity contribution in [1.29, 1.82) is 0 Å². The van der Waals surface area contributed by atoms with Crippen molar-refractivity contribution in [3.63, 3.8) is 0 Å². The Labute approximate surface area is 133 Å². The zero-order valence-electron chi connectivity index (χ0n) is 14.1. The van der Waals surface area contributed by atoms with Crippen LogP contribution in [-0.4, -0.2) is 31.0 Å². The summed E-state index contributed by atoms with van der Waals surface area (Å²) in [5, 5.41) is 9.40. The van der Waals surface area contributed by atoms with Crippen molar-refractivity contribution in [2.24, 2.45) is 4.99 Å². The molecule has 0 bridgehead atoms. The Kier molecular flexibility index (Phi) is 8.04. The molecule has 5 nitrogen and oxygen atoms in total. The lowest BCUT2D eigenvalue weighted by Gasteiger charge is -2.16. The second-order valence-corrected chi connectivity index (χ2v) is 5.34. The van der Waals surface area contributed by atoms with E-state index in [-0.39, 0.29) is 5.91 Å². The van der Waals surface area contributed by atoms with Crippen LogP contribution >= 0.6 is 0 Å². The summed E-state index contributed by atoms with van der Waals surface area (Å²) in [5.74, 6) is 0.815. The Balaban J connectivity index is 2.52. The van der Waals surface area contributed by atoms with Crippen molar-refractivity contribution < 1.29 is 4.79 Å². The third kappa shape index (κ3) is 7.11. The fraction of sp³-hybridized carbons (Fsp3) is 0.529. The molecule has 0 aliphatic carbocycles. The lowest BCUT2D eigenvalue weighted by atomic mass is 10.1. The standard InChI is InChI=1S/C17H28N4O/c1-5-13(3)20-17(18-6-2)19-12-11-15-7-9-16(10-8-15)21-14(4)22/h7-10,13H,5-6,11-12H2,1-4H3,(H,21,22)(H2,18,19,20). The predicted molar refractivity (Wildman–Crippen MR) is 93.3 cm³/mol. The number of amides is 1. The summed E-state index contributed by atoms with van der Waals surface area (Å²) in [6.07, 6.45) is 1.94. The van der Waals surface area contributed by atoms with Gasteiger partial charge in [0.2, 0.25) is 5.91 Å². The molecule has 5 heteroatoms. The maximum Gasteiger partial charge on any atom is 0.221 e. The van der Waals surface area contributed by atoms with Gasteiger partial charge < -0.3 is 16.0 Å². The van der Waals surface area contributed by atoms with E-state index in [4.69, 9.17) is 0 Å². The molecule has 3 N–H and O–H groups in total. The van der Waals surface area contributed by atoms with E-state index in [1.165, 1.54) is 12.5 Å². The average molecular weight is 304 g/mol. The predicted octanol–water partition coefficient (Wildman–Crippen LogP) is 2.54. The first-order valence-corrected chi connectivity index (χ1v) is 7.96. The average Bonchev–Trinajstić information content (AvgIpc) is 2.48. The third-order valence-corrected chi connectivity index (χ3v) is 3.28. The maximum absolute atomic E-state index is 11.0. The van der Waals surface area contributed by atoms with Crippen LogP contribution in [0.15, 0.2) is 29.3 Å². The fourth-order valence-electron chi connectivity index (χ4n) is 1.91. The van der Waals surface area contributed by atoms with Crippen molar-refractivity contribution in [3.8, 4) is 0 Å². The van der Waals surface area contributed by atoms with Crippen LogP contribution in [0, 0.1) is 0 Å². The van der Waals surface area contributed by atoms with E-state index in [1.54, 1.807) is 0 Å². The number of anilines is 1. The summed E-state index contributed by atoms with van der Waals surface area (Å²) in [4.78, 5) is 15.6. The first kappa shape index (κ1) is 18.0. The molecule has 0 radical (unpaired) electrons. The molecule has 0 saturated carbocycles. The van der Waals surface area contributed by atoms with E-state index in [0.29, 0.717) is 6.04 Å².